The molecule has 3 aromatic rings. The highest BCUT2D eigenvalue weighted by atomic mass is 32.2. The summed E-state index contributed by atoms with van der Waals surface area (Å²) in [6, 6.07) is 6.08. The topological polar surface area (TPSA) is 69.6 Å². The van der Waals surface area contributed by atoms with Crippen molar-refractivity contribution in [3.8, 4) is 11.3 Å². The minimum Gasteiger partial charge on any atom is -0.440 e. The van der Waals surface area contributed by atoms with Crippen molar-refractivity contribution < 1.29 is 8.81 Å². The molecule has 0 saturated heterocycles. The van der Waals surface area contributed by atoms with Crippen LogP contribution in [-0.4, -0.2) is 25.2 Å². The van der Waals surface area contributed by atoms with Crippen LogP contribution in [-0.2, 0) is 12.8 Å². The van der Waals surface area contributed by atoms with E-state index in [2.05, 4.69) is 20.5 Å². The van der Waals surface area contributed by atoms with Crippen molar-refractivity contribution in [2.45, 2.75) is 10.9 Å². The lowest BCUT2D eigenvalue weighted by atomic mass is 10.2. The van der Waals surface area contributed by atoms with Gasteiger partial charge in [-0.1, -0.05) is 11.8 Å². The molecule has 6 nitrogen and oxygen atoms in total. The van der Waals surface area contributed by atoms with Gasteiger partial charge >= 0.3 is 0 Å². The van der Waals surface area contributed by atoms with Gasteiger partial charge in [0.2, 0.25) is 11.0 Å². The molecule has 1 aromatic carbocycles. The van der Waals surface area contributed by atoms with Crippen LogP contribution in [0.25, 0.3) is 11.3 Å². The first-order chi connectivity index (χ1) is 9.72. The third kappa shape index (κ3) is 2.69. The van der Waals surface area contributed by atoms with Gasteiger partial charge in [0.15, 0.2) is 5.76 Å². The molecule has 8 heteroatoms. The molecular formula is C12H10FN5OS. The van der Waals surface area contributed by atoms with Crippen LogP contribution in [0.1, 0.15) is 5.89 Å². The number of rotatable bonds is 4. The fraction of sp³-hybridized carbons (Fsp3) is 0.167. The van der Waals surface area contributed by atoms with Gasteiger partial charge in [-0.2, -0.15) is 0 Å². The minimum atomic E-state index is -0.279. The molecule has 0 N–H and O–H groups in total. The first-order valence-corrected chi connectivity index (χ1v) is 6.77. The van der Waals surface area contributed by atoms with Crippen molar-refractivity contribution in [1.82, 2.24) is 25.2 Å². The van der Waals surface area contributed by atoms with Crippen molar-refractivity contribution in [2.75, 3.05) is 0 Å². The van der Waals surface area contributed by atoms with Gasteiger partial charge in [0.05, 0.1) is 11.9 Å². The summed E-state index contributed by atoms with van der Waals surface area (Å²) in [6.07, 6.45) is 1.62. The fourth-order valence-corrected chi connectivity index (χ4v) is 2.30. The van der Waals surface area contributed by atoms with Crippen LogP contribution >= 0.6 is 11.8 Å². The third-order valence-corrected chi connectivity index (χ3v) is 3.58. The predicted octanol–water partition coefficient (Wildman–Crippen LogP) is 2.30. The fourth-order valence-electron chi connectivity index (χ4n) is 1.59. The molecule has 0 atom stereocenters. The molecule has 20 heavy (non-hydrogen) atoms. The Bertz CT molecular complexity index is 709. The molecule has 0 fully saturated rings. The van der Waals surface area contributed by atoms with Crippen molar-refractivity contribution in [1.29, 1.82) is 0 Å². The highest BCUT2D eigenvalue weighted by Crippen LogP contribution is 2.24. The maximum atomic E-state index is 12.9. The first kappa shape index (κ1) is 12.8. The van der Waals surface area contributed by atoms with Crippen molar-refractivity contribution >= 4 is 11.8 Å². The number of hydrogen-bond donors (Lipinski definition) is 0. The summed E-state index contributed by atoms with van der Waals surface area (Å²) in [5.41, 5.74) is 0.787. The number of aromatic nitrogens is 5. The van der Waals surface area contributed by atoms with E-state index in [1.807, 2.05) is 0 Å². The number of nitrogens with zero attached hydrogens (tertiary/aromatic N) is 5. The number of thioether (sulfide) groups is 1. The Kier molecular flexibility index (Phi) is 3.46. The van der Waals surface area contributed by atoms with Crippen LogP contribution in [0.4, 0.5) is 4.39 Å². The maximum absolute atomic E-state index is 12.9. The zero-order chi connectivity index (χ0) is 13.9. The Morgan fingerprint density at radius 1 is 1.30 bits per heavy atom. The van der Waals surface area contributed by atoms with E-state index in [1.54, 1.807) is 30.1 Å². The highest BCUT2D eigenvalue weighted by Gasteiger charge is 2.09. The lowest BCUT2D eigenvalue weighted by Crippen LogP contribution is -1.93. The Morgan fingerprint density at radius 3 is 2.80 bits per heavy atom. The summed E-state index contributed by atoms with van der Waals surface area (Å²) in [4.78, 5) is 4.19. The number of hydrogen-bond acceptors (Lipinski definition) is 6. The number of aryl methyl sites for hydroxylation is 1. The summed E-state index contributed by atoms with van der Waals surface area (Å²) >= 11 is 1.43. The van der Waals surface area contributed by atoms with E-state index in [0.29, 0.717) is 22.6 Å². The summed E-state index contributed by atoms with van der Waals surface area (Å²) in [5, 5.41) is 11.8. The number of tetrazole rings is 1. The lowest BCUT2D eigenvalue weighted by Gasteiger charge is -1.97. The summed E-state index contributed by atoms with van der Waals surface area (Å²) in [6.45, 7) is 0. The smallest absolute Gasteiger partial charge is 0.209 e. The molecule has 3 rings (SSSR count). The van der Waals surface area contributed by atoms with E-state index in [1.165, 1.54) is 23.9 Å². The van der Waals surface area contributed by atoms with Gasteiger partial charge in [-0.15, -0.1) is 5.10 Å². The van der Waals surface area contributed by atoms with Gasteiger partial charge in [-0.25, -0.2) is 14.1 Å². The third-order valence-electron chi connectivity index (χ3n) is 2.59. The van der Waals surface area contributed by atoms with Crippen molar-refractivity contribution in [2.24, 2.45) is 7.05 Å². The van der Waals surface area contributed by atoms with Gasteiger partial charge in [0, 0.05) is 12.6 Å². The Morgan fingerprint density at radius 2 is 2.10 bits per heavy atom. The molecule has 0 spiro atoms. The number of halogens is 1. The average molecular weight is 291 g/mol. The van der Waals surface area contributed by atoms with Gasteiger partial charge in [0.25, 0.3) is 0 Å². The molecule has 0 saturated carbocycles. The van der Waals surface area contributed by atoms with E-state index in [-0.39, 0.29) is 5.82 Å². The van der Waals surface area contributed by atoms with Gasteiger partial charge in [-0.3, -0.25) is 0 Å². The quantitative estimate of drug-likeness (QED) is 0.687. The molecule has 2 aromatic heterocycles. The normalized spacial score (nSPS) is 10.9. The van der Waals surface area contributed by atoms with Crippen LogP contribution < -0.4 is 0 Å². The van der Waals surface area contributed by atoms with Crippen LogP contribution in [0.15, 0.2) is 40.0 Å². The SMILES string of the molecule is Cn1nnnc1SCc1ncc(-c2ccc(F)cc2)o1. The van der Waals surface area contributed by atoms with Crippen LogP contribution in [0.5, 0.6) is 0 Å². The van der Waals surface area contributed by atoms with E-state index in [9.17, 15) is 4.39 Å². The lowest BCUT2D eigenvalue weighted by molar-refractivity contribution is 0.529. The van der Waals surface area contributed by atoms with Gasteiger partial charge in [0.1, 0.15) is 5.82 Å². The second-order valence-corrected chi connectivity index (χ2v) is 4.94. The second-order valence-electron chi connectivity index (χ2n) is 4.00. The summed E-state index contributed by atoms with van der Waals surface area (Å²) < 4.78 is 20.0. The molecule has 0 radical (unpaired) electrons. The maximum Gasteiger partial charge on any atom is 0.209 e. The van der Waals surface area contributed by atoms with Crippen molar-refractivity contribution in [3.63, 3.8) is 0 Å². The standard InChI is InChI=1S/C12H10FN5OS/c1-18-12(15-16-17-18)20-7-11-14-6-10(19-11)8-2-4-9(13)5-3-8/h2-6H,7H2,1H3. The van der Waals surface area contributed by atoms with Crippen LogP contribution in [0.2, 0.25) is 0 Å². The van der Waals surface area contributed by atoms with E-state index in [0.717, 1.165) is 5.56 Å². The molecule has 0 amide bonds. The molecule has 0 aliphatic heterocycles. The Balaban J connectivity index is 1.71. The highest BCUT2D eigenvalue weighted by molar-refractivity contribution is 7.98. The molecule has 0 aliphatic rings. The Labute approximate surface area is 118 Å². The van der Waals surface area contributed by atoms with Crippen LogP contribution in [0, 0.1) is 5.82 Å². The van der Waals surface area contributed by atoms with E-state index >= 15 is 0 Å². The minimum absolute atomic E-state index is 0.279. The van der Waals surface area contributed by atoms with Crippen molar-refractivity contribution in [3.05, 3.63) is 42.2 Å². The molecule has 0 aliphatic carbocycles. The largest absolute Gasteiger partial charge is 0.440 e. The molecule has 0 bridgehead atoms. The number of benzene rings is 1. The van der Waals surface area contributed by atoms with E-state index in [4.69, 9.17) is 4.42 Å². The zero-order valence-electron chi connectivity index (χ0n) is 10.5. The zero-order valence-corrected chi connectivity index (χ0v) is 11.3. The first-order valence-electron chi connectivity index (χ1n) is 5.78. The molecule has 0 unspecified atom stereocenters. The van der Waals surface area contributed by atoms with E-state index < -0.39 is 0 Å². The Hall–Kier alpha value is -2.22. The summed E-state index contributed by atoms with van der Waals surface area (Å²) in [7, 11) is 1.77. The number of oxazole rings is 1. The predicted molar refractivity (Wildman–Crippen MR) is 70.3 cm³/mol. The monoisotopic (exact) mass is 291 g/mol. The molecule has 102 valence electrons. The molecule has 2 heterocycles. The average Bonchev–Trinajstić information content (AvgIpc) is 3.06. The molecular weight excluding hydrogens is 281 g/mol. The van der Waals surface area contributed by atoms with Crippen LogP contribution in [0.3, 0.4) is 0 Å². The summed E-state index contributed by atoms with van der Waals surface area (Å²) in [5.74, 6) is 1.42. The van der Waals surface area contributed by atoms with Gasteiger partial charge in [-0.05, 0) is 34.7 Å². The second kappa shape index (κ2) is 5.41. The van der Waals surface area contributed by atoms with Gasteiger partial charge < -0.3 is 4.42 Å².